The second-order valence-corrected chi connectivity index (χ2v) is 5.16. The first-order valence-corrected chi connectivity index (χ1v) is 6.81. The quantitative estimate of drug-likeness (QED) is 0.800. The first kappa shape index (κ1) is 14.3. The van der Waals surface area contributed by atoms with Crippen molar-refractivity contribution in [2.45, 2.75) is 11.8 Å². The van der Waals surface area contributed by atoms with Crippen molar-refractivity contribution >= 4 is 11.9 Å². The van der Waals surface area contributed by atoms with Gasteiger partial charge in [0.05, 0.1) is 38.7 Å². The van der Waals surface area contributed by atoms with E-state index in [0.29, 0.717) is 0 Å². The van der Waals surface area contributed by atoms with E-state index in [0.717, 1.165) is 11.4 Å². The van der Waals surface area contributed by atoms with Gasteiger partial charge in [0.25, 0.3) is 0 Å². The number of nitrogens with one attached hydrogen (secondary N) is 2. The van der Waals surface area contributed by atoms with Gasteiger partial charge in [0, 0.05) is 35.6 Å². The van der Waals surface area contributed by atoms with Gasteiger partial charge in [-0.1, -0.05) is 0 Å². The lowest BCUT2D eigenvalue weighted by Crippen LogP contribution is -2.52. The molecular weight excluding hydrogens is 288 g/mol. The highest BCUT2D eigenvalue weighted by Crippen LogP contribution is 2.57. The molecule has 8 nitrogen and oxygen atoms in total. The third-order valence-corrected chi connectivity index (χ3v) is 4.25. The molecule has 1 fully saturated rings. The van der Waals surface area contributed by atoms with Crippen LogP contribution in [0.1, 0.15) is 23.2 Å². The molecule has 4 atom stereocenters. The number of nitrogens with zero attached hydrogens (tertiary/aromatic N) is 2. The van der Waals surface area contributed by atoms with Gasteiger partial charge in [0.1, 0.15) is 0 Å². The lowest BCUT2D eigenvalue weighted by molar-refractivity contribution is -0.168. The number of carbonyl (C=O) groups is 2. The van der Waals surface area contributed by atoms with Crippen LogP contribution in [0, 0.1) is 11.8 Å². The van der Waals surface area contributed by atoms with Crippen LogP contribution in [-0.4, -0.2) is 46.1 Å². The third-order valence-electron chi connectivity index (χ3n) is 4.25. The number of aromatic nitrogens is 4. The number of rotatable bonds is 4. The molecule has 2 aromatic heterocycles. The predicted molar refractivity (Wildman–Crippen MR) is 73.7 cm³/mol. The first-order valence-electron chi connectivity index (χ1n) is 6.81. The van der Waals surface area contributed by atoms with Crippen molar-refractivity contribution in [2.75, 3.05) is 14.2 Å². The van der Waals surface area contributed by atoms with E-state index in [1.165, 1.54) is 14.2 Å². The third kappa shape index (κ3) is 2.07. The minimum atomic E-state index is -0.619. The normalized spacial score (nSPS) is 27.0. The molecule has 116 valence electrons. The van der Waals surface area contributed by atoms with Crippen LogP contribution in [0.2, 0.25) is 0 Å². The maximum absolute atomic E-state index is 12.2. The number of aromatic amines is 2. The smallest absolute Gasteiger partial charge is 0.310 e. The van der Waals surface area contributed by atoms with E-state index in [4.69, 9.17) is 9.47 Å². The molecule has 0 saturated heterocycles. The van der Waals surface area contributed by atoms with Gasteiger partial charge in [-0.3, -0.25) is 9.59 Å². The van der Waals surface area contributed by atoms with Crippen molar-refractivity contribution in [3.05, 3.63) is 36.4 Å². The summed E-state index contributed by atoms with van der Waals surface area (Å²) in [6, 6.07) is 0. The lowest BCUT2D eigenvalue weighted by Gasteiger charge is -2.47. The van der Waals surface area contributed by atoms with Crippen LogP contribution in [0.3, 0.4) is 0 Å². The molecule has 0 aromatic carbocycles. The summed E-state index contributed by atoms with van der Waals surface area (Å²) in [5.74, 6) is -2.62. The maximum atomic E-state index is 12.2. The molecule has 0 amide bonds. The van der Waals surface area contributed by atoms with Crippen molar-refractivity contribution in [1.29, 1.82) is 0 Å². The van der Waals surface area contributed by atoms with E-state index in [9.17, 15) is 9.59 Å². The van der Waals surface area contributed by atoms with Crippen LogP contribution in [0.25, 0.3) is 0 Å². The number of imidazole rings is 2. The van der Waals surface area contributed by atoms with Crippen LogP contribution < -0.4 is 0 Å². The minimum Gasteiger partial charge on any atom is -0.469 e. The SMILES string of the molecule is COC(=O)[C@H]1[C@H](C(=O)OC)[C@H](c2cnc[nH]2)[C@H]1c1cnc[nH]1. The fraction of sp³-hybridized carbons (Fsp3) is 0.429. The summed E-state index contributed by atoms with van der Waals surface area (Å²) >= 11 is 0. The summed E-state index contributed by atoms with van der Waals surface area (Å²) < 4.78 is 9.73. The molecule has 0 radical (unpaired) electrons. The summed E-state index contributed by atoms with van der Waals surface area (Å²) in [4.78, 5) is 38.3. The summed E-state index contributed by atoms with van der Waals surface area (Å²) in [5.41, 5.74) is 1.55. The fourth-order valence-corrected chi connectivity index (χ4v) is 3.28. The zero-order valence-electron chi connectivity index (χ0n) is 12.1. The Kier molecular flexibility index (Phi) is 3.66. The molecule has 1 saturated carbocycles. The van der Waals surface area contributed by atoms with Crippen LogP contribution in [0.5, 0.6) is 0 Å². The first-order chi connectivity index (χ1) is 10.7. The van der Waals surface area contributed by atoms with Gasteiger partial charge in [-0.2, -0.15) is 0 Å². The van der Waals surface area contributed by atoms with E-state index in [1.54, 1.807) is 25.0 Å². The maximum Gasteiger partial charge on any atom is 0.310 e. The van der Waals surface area contributed by atoms with Crippen LogP contribution in [0.15, 0.2) is 25.0 Å². The Morgan fingerprint density at radius 2 is 1.32 bits per heavy atom. The molecule has 0 bridgehead atoms. The zero-order chi connectivity index (χ0) is 15.7. The molecule has 0 aliphatic heterocycles. The summed E-state index contributed by atoms with van der Waals surface area (Å²) in [5, 5.41) is 0. The highest BCUT2D eigenvalue weighted by Gasteiger charge is 2.60. The molecule has 2 N–H and O–H groups in total. The second kappa shape index (κ2) is 5.63. The highest BCUT2D eigenvalue weighted by molar-refractivity contribution is 5.86. The van der Waals surface area contributed by atoms with Gasteiger partial charge in [-0.15, -0.1) is 0 Å². The predicted octanol–water partition coefficient (Wildman–Crippen LogP) is 0.592. The molecule has 2 heterocycles. The molecular formula is C14H16N4O4. The molecule has 0 spiro atoms. The van der Waals surface area contributed by atoms with Gasteiger partial charge in [-0.25, -0.2) is 9.97 Å². The van der Waals surface area contributed by atoms with E-state index >= 15 is 0 Å². The molecule has 1 aliphatic rings. The number of hydrogen-bond donors (Lipinski definition) is 2. The van der Waals surface area contributed by atoms with Gasteiger partial charge in [0.2, 0.25) is 0 Å². The van der Waals surface area contributed by atoms with Crippen molar-refractivity contribution in [3.63, 3.8) is 0 Å². The van der Waals surface area contributed by atoms with E-state index in [-0.39, 0.29) is 11.8 Å². The van der Waals surface area contributed by atoms with Crippen LogP contribution >= 0.6 is 0 Å². The number of esters is 2. The number of H-pyrrole nitrogens is 2. The zero-order valence-corrected chi connectivity index (χ0v) is 12.1. The van der Waals surface area contributed by atoms with Gasteiger partial charge >= 0.3 is 11.9 Å². The molecule has 1 aliphatic carbocycles. The molecule has 3 rings (SSSR count). The second-order valence-electron chi connectivity index (χ2n) is 5.16. The highest BCUT2D eigenvalue weighted by atomic mass is 16.5. The largest absolute Gasteiger partial charge is 0.469 e. The van der Waals surface area contributed by atoms with Gasteiger partial charge in [0.15, 0.2) is 0 Å². The molecule has 22 heavy (non-hydrogen) atoms. The Morgan fingerprint density at radius 3 is 1.59 bits per heavy atom. The Balaban J connectivity index is 2.03. The van der Waals surface area contributed by atoms with Gasteiger partial charge < -0.3 is 19.4 Å². The molecule has 0 unspecified atom stereocenters. The average molecular weight is 304 g/mol. The summed E-state index contributed by atoms with van der Waals surface area (Å²) in [6.45, 7) is 0. The van der Waals surface area contributed by atoms with E-state index in [1.807, 2.05) is 0 Å². The van der Waals surface area contributed by atoms with Crippen LogP contribution in [0.4, 0.5) is 0 Å². The van der Waals surface area contributed by atoms with Crippen molar-refractivity contribution in [1.82, 2.24) is 19.9 Å². The van der Waals surface area contributed by atoms with Gasteiger partial charge in [-0.05, 0) is 0 Å². The lowest BCUT2D eigenvalue weighted by atomic mass is 9.54. The number of methoxy groups -OCH3 is 2. The number of ether oxygens (including phenoxy) is 2. The number of carbonyl (C=O) groups excluding carboxylic acids is 2. The average Bonchev–Trinajstić information content (AvgIpc) is 3.19. The standard InChI is InChI=1S/C14H16N4O4/c1-21-13(19)11-9(7-3-15-5-17-7)10(8-4-16-6-18-8)12(11)14(20)22-2/h3-6,9-12H,1-2H3,(H,15,17)(H,16,18)/t9-,10-,11-,12-/m1/s1. The van der Waals surface area contributed by atoms with Crippen LogP contribution in [-0.2, 0) is 19.1 Å². The van der Waals surface area contributed by atoms with Crippen molar-refractivity contribution in [3.8, 4) is 0 Å². The Bertz CT molecular complexity index is 594. The Labute approximate surface area is 126 Å². The summed E-state index contributed by atoms with van der Waals surface area (Å²) in [7, 11) is 2.62. The topological polar surface area (TPSA) is 110 Å². The summed E-state index contributed by atoms with van der Waals surface area (Å²) in [6.07, 6.45) is 6.38. The molecule has 8 heteroatoms. The fourth-order valence-electron chi connectivity index (χ4n) is 3.28. The number of hydrogen-bond acceptors (Lipinski definition) is 6. The monoisotopic (exact) mass is 304 g/mol. The van der Waals surface area contributed by atoms with E-state index < -0.39 is 23.8 Å². The molecule has 2 aromatic rings. The minimum absolute atomic E-state index is 0.250. The van der Waals surface area contributed by atoms with Crippen molar-refractivity contribution in [2.24, 2.45) is 11.8 Å². The van der Waals surface area contributed by atoms with E-state index in [2.05, 4.69) is 19.9 Å². The van der Waals surface area contributed by atoms with Crippen molar-refractivity contribution < 1.29 is 19.1 Å². The Hall–Kier alpha value is -2.64. The Morgan fingerprint density at radius 1 is 0.909 bits per heavy atom.